The van der Waals surface area contributed by atoms with Crippen LogP contribution < -0.4 is 4.74 Å². The molecule has 0 aliphatic rings. The smallest absolute Gasteiger partial charge is 0.240 e. The zero-order valence-corrected chi connectivity index (χ0v) is 10.6. The fourth-order valence-corrected chi connectivity index (χ4v) is 1.81. The monoisotopic (exact) mass is 253 g/mol. The zero-order chi connectivity index (χ0) is 13.3. The lowest BCUT2D eigenvalue weighted by molar-refractivity contribution is 0.311. The molecule has 0 saturated carbocycles. The predicted octanol–water partition coefficient (Wildman–Crippen LogP) is 3.67. The predicted molar refractivity (Wildman–Crippen MR) is 74.5 cm³/mol. The molecule has 0 N–H and O–H groups in total. The van der Waals surface area contributed by atoms with Crippen molar-refractivity contribution in [2.75, 3.05) is 6.61 Å². The molecule has 19 heavy (non-hydrogen) atoms. The Morgan fingerprint density at radius 3 is 2.68 bits per heavy atom. The van der Waals surface area contributed by atoms with Gasteiger partial charge in [0.2, 0.25) is 6.08 Å². The fourth-order valence-electron chi connectivity index (χ4n) is 1.81. The number of benzene rings is 2. The van der Waals surface area contributed by atoms with Gasteiger partial charge in [0.05, 0.1) is 12.3 Å². The van der Waals surface area contributed by atoms with Crippen molar-refractivity contribution in [3.8, 4) is 5.75 Å². The molecule has 0 aliphatic heterocycles. The third-order valence-electron chi connectivity index (χ3n) is 2.71. The maximum atomic E-state index is 10.2. The standard InChI is InChI=1S/C16H15NO2/c18-13-17-15-9-4-10-16(12-15)19-11-5-8-14-6-2-1-3-7-14/h1-4,6-7,9-10,12H,5,8,11H2. The molecule has 2 aromatic carbocycles. The molecule has 3 heteroatoms. The summed E-state index contributed by atoms with van der Waals surface area (Å²) in [4.78, 5) is 13.7. The van der Waals surface area contributed by atoms with Crippen LogP contribution in [0.3, 0.4) is 0 Å². The molecule has 0 spiro atoms. The van der Waals surface area contributed by atoms with Crippen molar-refractivity contribution in [2.45, 2.75) is 12.8 Å². The molecule has 96 valence electrons. The van der Waals surface area contributed by atoms with Gasteiger partial charge in [0.15, 0.2) is 0 Å². The van der Waals surface area contributed by atoms with E-state index < -0.39 is 0 Å². The largest absolute Gasteiger partial charge is 0.494 e. The summed E-state index contributed by atoms with van der Waals surface area (Å²) in [5, 5.41) is 0. The molecule has 0 radical (unpaired) electrons. The minimum Gasteiger partial charge on any atom is -0.494 e. The van der Waals surface area contributed by atoms with Crippen LogP contribution in [-0.2, 0) is 11.2 Å². The average molecular weight is 253 g/mol. The van der Waals surface area contributed by atoms with Crippen LogP contribution in [0.2, 0.25) is 0 Å². The molecule has 3 nitrogen and oxygen atoms in total. The van der Waals surface area contributed by atoms with Crippen molar-refractivity contribution in [1.82, 2.24) is 0 Å². The summed E-state index contributed by atoms with van der Waals surface area (Å²) in [6.45, 7) is 0.642. The van der Waals surface area contributed by atoms with Gasteiger partial charge in [-0.3, -0.25) is 0 Å². The highest BCUT2D eigenvalue weighted by molar-refractivity contribution is 5.51. The summed E-state index contributed by atoms with van der Waals surface area (Å²) in [6.07, 6.45) is 3.46. The molecule has 0 aliphatic carbocycles. The molecule has 0 unspecified atom stereocenters. The Morgan fingerprint density at radius 1 is 1.05 bits per heavy atom. The van der Waals surface area contributed by atoms with Crippen LogP contribution in [-0.4, -0.2) is 12.7 Å². The Morgan fingerprint density at radius 2 is 1.89 bits per heavy atom. The van der Waals surface area contributed by atoms with Crippen LogP contribution in [0.1, 0.15) is 12.0 Å². The van der Waals surface area contributed by atoms with Crippen LogP contribution in [0.15, 0.2) is 59.6 Å². The number of aliphatic imine (C=N–C) groups is 1. The topological polar surface area (TPSA) is 38.7 Å². The number of aryl methyl sites for hydroxylation is 1. The lowest BCUT2D eigenvalue weighted by atomic mass is 10.1. The second-order valence-electron chi connectivity index (χ2n) is 4.14. The van der Waals surface area contributed by atoms with Crippen molar-refractivity contribution < 1.29 is 9.53 Å². The van der Waals surface area contributed by atoms with Gasteiger partial charge in [0.25, 0.3) is 0 Å². The third kappa shape index (κ3) is 4.41. The van der Waals surface area contributed by atoms with Crippen LogP contribution >= 0.6 is 0 Å². The minimum absolute atomic E-state index is 0.565. The first-order valence-electron chi connectivity index (χ1n) is 6.23. The normalized spacial score (nSPS) is 9.68. The van der Waals surface area contributed by atoms with Gasteiger partial charge in [-0.15, -0.1) is 0 Å². The first-order valence-corrected chi connectivity index (χ1v) is 6.23. The molecule has 0 saturated heterocycles. The highest BCUT2D eigenvalue weighted by Crippen LogP contribution is 2.19. The molecular formula is C16H15NO2. The summed E-state index contributed by atoms with van der Waals surface area (Å²) in [5.74, 6) is 0.726. The Bertz CT molecular complexity index is 560. The van der Waals surface area contributed by atoms with Gasteiger partial charge in [0.1, 0.15) is 5.75 Å². The van der Waals surface area contributed by atoms with Crippen molar-refractivity contribution in [3.63, 3.8) is 0 Å². The van der Waals surface area contributed by atoms with E-state index in [0.717, 1.165) is 18.6 Å². The van der Waals surface area contributed by atoms with E-state index in [2.05, 4.69) is 17.1 Å². The highest BCUT2D eigenvalue weighted by atomic mass is 16.5. The number of hydrogen-bond donors (Lipinski definition) is 0. The van der Waals surface area contributed by atoms with E-state index in [4.69, 9.17) is 4.74 Å². The second kappa shape index (κ2) is 7.14. The number of carbonyl (C=O) groups excluding carboxylic acids is 1. The Kier molecular flexibility index (Phi) is 4.91. The molecule has 0 heterocycles. The number of ether oxygens (including phenoxy) is 1. The summed E-state index contributed by atoms with van der Waals surface area (Å²) in [7, 11) is 0. The van der Waals surface area contributed by atoms with E-state index in [9.17, 15) is 4.79 Å². The molecular weight excluding hydrogens is 238 g/mol. The maximum Gasteiger partial charge on any atom is 0.240 e. The Balaban J connectivity index is 1.79. The van der Waals surface area contributed by atoms with Crippen LogP contribution in [0.5, 0.6) is 5.75 Å². The van der Waals surface area contributed by atoms with E-state index in [0.29, 0.717) is 12.3 Å². The SMILES string of the molecule is O=C=Nc1cccc(OCCCc2ccccc2)c1. The third-order valence-corrected chi connectivity index (χ3v) is 2.71. The van der Waals surface area contributed by atoms with Gasteiger partial charge in [-0.05, 0) is 30.5 Å². The van der Waals surface area contributed by atoms with E-state index in [-0.39, 0.29) is 0 Å². The van der Waals surface area contributed by atoms with Crippen LogP contribution in [0, 0.1) is 0 Å². The summed E-state index contributed by atoms with van der Waals surface area (Å²) in [6, 6.07) is 17.4. The van der Waals surface area contributed by atoms with Crippen LogP contribution in [0.4, 0.5) is 5.69 Å². The van der Waals surface area contributed by atoms with E-state index in [1.54, 1.807) is 12.1 Å². The number of hydrogen-bond acceptors (Lipinski definition) is 3. The van der Waals surface area contributed by atoms with Crippen molar-refractivity contribution >= 4 is 11.8 Å². The molecule has 2 aromatic rings. The lowest BCUT2D eigenvalue weighted by Gasteiger charge is -2.06. The molecule has 0 aromatic heterocycles. The van der Waals surface area contributed by atoms with Gasteiger partial charge in [-0.25, -0.2) is 4.79 Å². The van der Waals surface area contributed by atoms with E-state index >= 15 is 0 Å². The van der Waals surface area contributed by atoms with Gasteiger partial charge in [-0.1, -0.05) is 36.4 Å². The maximum absolute atomic E-state index is 10.2. The second-order valence-corrected chi connectivity index (χ2v) is 4.14. The lowest BCUT2D eigenvalue weighted by Crippen LogP contribution is -1.99. The number of isocyanates is 1. The summed E-state index contributed by atoms with van der Waals surface area (Å²) in [5.41, 5.74) is 1.88. The molecule has 0 fully saturated rings. The van der Waals surface area contributed by atoms with Gasteiger partial charge >= 0.3 is 0 Å². The first-order chi connectivity index (χ1) is 9.38. The molecule has 0 bridgehead atoms. The number of rotatable bonds is 6. The van der Waals surface area contributed by atoms with Gasteiger partial charge in [-0.2, -0.15) is 4.99 Å². The average Bonchev–Trinajstić information content (AvgIpc) is 2.46. The Hall–Kier alpha value is -2.38. The first kappa shape index (κ1) is 13.1. The molecule has 2 rings (SSSR count). The molecule has 0 amide bonds. The number of nitrogens with zero attached hydrogens (tertiary/aromatic N) is 1. The van der Waals surface area contributed by atoms with E-state index in [1.807, 2.05) is 30.3 Å². The van der Waals surface area contributed by atoms with Crippen LogP contribution in [0.25, 0.3) is 0 Å². The summed E-state index contributed by atoms with van der Waals surface area (Å²) >= 11 is 0. The van der Waals surface area contributed by atoms with Crippen molar-refractivity contribution in [1.29, 1.82) is 0 Å². The van der Waals surface area contributed by atoms with Crippen molar-refractivity contribution in [2.24, 2.45) is 4.99 Å². The quantitative estimate of drug-likeness (QED) is 0.447. The highest BCUT2D eigenvalue weighted by Gasteiger charge is 1.97. The minimum atomic E-state index is 0.565. The Labute approximate surface area is 112 Å². The van der Waals surface area contributed by atoms with Gasteiger partial charge in [0, 0.05) is 6.07 Å². The van der Waals surface area contributed by atoms with Gasteiger partial charge < -0.3 is 4.74 Å². The van der Waals surface area contributed by atoms with E-state index in [1.165, 1.54) is 11.6 Å². The zero-order valence-electron chi connectivity index (χ0n) is 10.6. The van der Waals surface area contributed by atoms with Crippen molar-refractivity contribution in [3.05, 3.63) is 60.2 Å². The molecule has 0 atom stereocenters. The fraction of sp³-hybridized carbons (Fsp3) is 0.188. The summed E-state index contributed by atoms with van der Waals surface area (Å²) < 4.78 is 5.62.